The fraction of sp³-hybridized carbons (Fsp3) is 0.129. The Kier molecular flexibility index (Phi) is 8.04. The number of thiophene rings is 1. The van der Waals surface area contributed by atoms with E-state index in [1.54, 1.807) is 0 Å². The van der Waals surface area contributed by atoms with Gasteiger partial charge in [0.2, 0.25) is 0 Å². The normalized spacial score (nSPS) is 12.8. The molecule has 0 unspecified atom stereocenters. The van der Waals surface area contributed by atoms with Crippen LogP contribution in [0.1, 0.15) is 52.7 Å². The van der Waals surface area contributed by atoms with Crippen LogP contribution in [0.3, 0.4) is 0 Å². The van der Waals surface area contributed by atoms with Crippen molar-refractivity contribution in [2.75, 3.05) is 0 Å². The molecule has 312 valence electrons. The molecular formula is C62H48N2S. The topological polar surface area (TPSA) is 20.2 Å². The number of rotatable bonds is 4. The van der Waals surface area contributed by atoms with Crippen molar-refractivity contribution in [2.45, 2.75) is 52.4 Å². The van der Waals surface area contributed by atoms with Crippen molar-refractivity contribution >= 4 is 91.4 Å². The molecule has 0 saturated carbocycles. The SMILES string of the molecule is CC(C)(C)c1ccc2c(c1)c1cc(C(C)(C)C)cc3c4cc5[nH]c6c(-c7ccc(-c8cc(-c9ccccc9)cc(-c9ccccc9)c8)cc7)c7sc8ccccc8c7cc6c5cc4n2c13. The highest BCUT2D eigenvalue weighted by Crippen LogP contribution is 2.49. The molecule has 13 aromatic rings. The second-order valence-corrected chi connectivity index (χ2v) is 21.3. The van der Waals surface area contributed by atoms with Gasteiger partial charge in [0.05, 0.1) is 22.1 Å². The maximum absolute atomic E-state index is 4.06. The Morgan fingerprint density at radius 3 is 1.57 bits per heavy atom. The van der Waals surface area contributed by atoms with Gasteiger partial charge < -0.3 is 9.38 Å². The monoisotopic (exact) mass is 852 g/mol. The highest BCUT2D eigenvalue weighted by molar-refractivity contribution is 7.26. The van der Waals surface area contributed by atoms with E-state index in [4.69, 9.17) is 0 Å². The van der Waals surface area contributed by atoms with Crippen molar-refractivity contribution in [3.8, 4) is 44.5 Å². The minimum Gasteiger partial charge on any atom is -0.354 e. The van der Waals surface area contributed by atoms with Gasteiger partial charge in [0.1, 0.15) is 0 Å². The zero-order valence-corrected chi connectivity index (χ0v) is 38.4. The van der Waals surface area contributed by atoms with Crippen molar-refractivity contribution in [3.63, 3.8) is 0 Å². The highest BCUT2D eigenvalue weighted by Gasteiger charge is 2.26. The third-order valence-electron chi connectivity index (χ3n) is 14.1. The van der Waals surface area contributed by atoms with E-state index in [2.05, 4.69) is 227 Å². The Balaban J connectivity index is 1.05. The van der Waals surface area contributed by atoms with Crippen LogP contribution in [0.15, 0.2) is 176 Å². The molecule has 0 bridgehead atoms. The van der Waals surface area contributed by atoms with Gasteiger partial charge in [0.15, 0.2) is 0 Å². The molecule has 4 aromatic heterocycles. The summed E-state index contributed by atoms with van der Waals surface area (Å²) in [5.74, 6) is 0. The summed E-state index contributed by atoms with van der Waals surface area (Å²) in [5, 5.41) is 10.4. The first-order valence-electron chi connectivity index (χ1n) is 22.9. The third kappa shape index (κ3) is 5.85. The van der Waals surface area contributed by atoms with Crippen LogP contribution in [-0.2, 0) is 10.8 Å². The first kappa shape index (κ1) is 38.3. The summed E-state index contributed by atoms with van der Waals surface area (Å²) in [7, 11) is 0. The van der Waals surface area contributed by atoms with Gasteiger partial charge in [-0.3, -0.25) is 0 Å². The molecule has 0 amide bonds. The molecule has 0 aliphatic heterocycles. The zero-order valence-electron chi connectivity index (χ0n) is 37.6. The Hall–Kier alpha value is -7.20. The van der Waals surface area contributed by atoms with E-state index in [0.29, 0.717) is 0 Å². The van der Waals surface area contributed by atoms with Gasteiger partial charge >= 0.3 is 0 Å². The summed E-state index contributed by atoms with van der Waals surface area (Å²) in [4.78, 5) is 4.06. The van der Waals surface area contributed by atoms with Crippen LogP contribution in [0.2, 0.25) is 0 Å². The maximum atomic E-state index is 4.06. The fourth-order valence-corrected chi connectivity index (χ4v) is 11.9. The van der Waals surface area contributed by atoms with Gasteiger partial charge in [-0.2, -0.15) is 0 Å². The highest BCUT2D eigenvalue weighted by atomic mass is 32.1. The lowest BCUT2D eigenvalue weighted by molar-refractivity contribution is 0.590. The van der Waals surface area contributed by atoms with E-state index in [1.165, 1.54) is 136 Å². The lowest BCUT2D eigenvalue weighted by Gasteiger charge is -2.20. The molecule has 0 radical (unpaired) electrons. The summed E-state index contributed by atoms with van der Waals surface area (Å²) >= 11 is 1.90. The summed E-state index contributed by atoms with van der Waals surface area (Å²) in [6, 6.07) is 66.2. The number of H-pyrrole nitrogens is 1. The average Bonchev–Trinajstić information content (AvgIpc) is 4.06. The molecule has 0 saturated heterocycles. The van der Waals surface area contributed by atoms with Gasteiger partial charge in [0.25, 0.3) is 0 Å². The van der Waals surface area contributed by atoms with E-state index in [1.807, 2.05) is 11.3 Å². The molecule has 0 atom stereocenters. The van der Waals surface area contributed by atoms with Crippen LogP contribution >= 0.6 is 11.3 Å². The van der Waals surface area contributed by atoms with Crippen molar-refractivity contribution in [1.82, 2.24) is 9.38 Å². The smallest absolute Gasteiger partial charge is 0.0620 e. The molecule has 65 heavy (non-hydrogen) atoms. The van der Waals surface area contributed by atoms with Crippen LogP contribution in [0, 0.1) is 0 Å². The van der Waals surface area contributed by atoms with Crippen LogP contribution in [0.25, 0.3) is 125 Å². The predicted molar refractivity (Wildman–Crippen MR) is 282 cm³/mol. The third-order valence-corrected chi connectivity index (χ3v) is 15.3. The summed E-state index contributed by atoms with van der Waals surface area (Å²) in [5.41, 5.74) is 18.8. The van der Waals surface area contributed by atoms with Crippen LogP contribution < -0.4 is 0 Å². The molecule has 9 aromatic carbocycles. The van der Waals surface area contributed by atoms with E-state index in [0.717, 1.165) is 0 Å². The molecule has 4 heterocycles. The van der Waals surface area contributed by atoms with Gasteiger partial charge in [-0.25, -0.2) is 0 Å². The van der Waals surface area contributed by atoms with E-state index in [9.17, 15) is 0 Å². The van der Waals surface area contributed by atoms with E-state index >= 15 is 0 Å². The van der Waals surface area contributed by atoms with E-state index < -0.39 is 0 Å². The van der Waals surface area contributed by atoms with Crippen LogP contribution in [0.4, 0.5) is 0 Å². The molecule has 3 heteroatoms. The standard InChI is InChI=1S/C62H48N2S/c1-61(2,3)43-25-26-54-47(30-43)50-31-44(62(4,5)6)32-51-48-34-53-46(35-55(48)64(54)59(50)51)49-33-52-45-19-13-14-20-56(45)65-60(52)57(58(49)63-53)39-23-21-38(22-24-39)42-28-40(36-15-9-7-10-16-36)27-41(29-42)37-17-11-8-12-18-37/h7-35,63H,1-6H3. The first-order chi connectivity index (χ1) is 31.5. The van der Waals surface area contributed by atoms with Crippen molar-refractivity contribution in [1.29, 1.82) is 0 Å². The number of hydrogen-bond donors (Lipinski definition) is 1. The Morgan fingerprint density at radius 1 is 0.385 bits per heavy atom. The maximum Gasteiger partial charge on any atom is 0.0620 e. The van der Waals surface area contributed by atoms with Crippen molar-refractivity contribution < 1.29 is 0 Å². The molecular weight excluding hydrogens is 805 g/mol. The lowest BCUT2D eigenvalue weighted by atomic mass is 9.84. The van der Waals surface area contributed by atoms with Gasteiger partial charge in [-0.15, -0.1) is 11.3 Å². The summed E-state index contributed by atoms with van der Waals surface area (Å²) in [6.45, 7) is 14.0. The largest absolute Gasteiger partial charge is 0.354 e. The van der Waals surface area contributed by atoms with Gasteiger partial charge in [-0.05, 0) is 128 Å². The molecule has 0 fully saturated rings. The second-order valence-electron chi connectivity index (χ2n) is 20.3. The Morgan fingerprint density at radius 2 is 0.938 bits per heavy atom. The Labute approximate surface area is 382 Å². The van der Waals surface area contributed by atoms with Crippen molar-refractivity contribution in [2.24, 2.45) is 0 Å². The number of aromatic amines is 1. The van der Waals surface area contributed by atoms with Crippen molar-refractivity contribution in [3.05, 3.63) is 187 Å². The summed E-state index contributed by atoms with van der Waals surface area (Å²) in [6.07, 6.45) is 0. The number of nitrogens with zero attached hydrogens (tertiary/aromatic N) is 1. The number of aromatic nitrogens is 2. The number of benzene rings is 9. The predicted octanol–water partition coefficient (Wildman–Crippen LogP) is 18.1. The molecule has 1 N–H and O–H groups in total. The minimum atomic E-state index is 0.00255. The second kappa shape index (κ2) is 13.7. The molecule has 2 nitrogen and oxygen atoms in total. The fourth-order valence-electron chi connectivity index (χ4n) is 10.6. The van der Waals surface area contributed by atoms with E-state index in [-0.39, 0.29) is 10.8 Å². The number of fused-ring (bicyclic) bond motifs is 12. The molecule has 0 aliphatic carbocycles. The lowest BCUT2D eigenvalue weighted by Crippen LogP contribution is -2.11. The number of nitrogens with one attached hydrogen (secondary N) is 1. The van der Waals surface area contributed by atoms with Gasteiger partial charge in [-0.1, -0.05) is 151 Å². The van der Waals surface area contributed by atoms with Crippen LogP contribution in [-0.4, -0.2) is 9.38 Å². The first-order valence-corrected chi connectivity index (χ1v) is 23.7. The quantitative estimate of drug-likeness (QED) is 0.182. The Bertz CT molecular complexity index is 3980. The molecule has 13 rings (SSSR count). The van der Waals surface area contributed by atoms with Gasteiger partial charge in [0, 0.05) is 63.6 Å². The molecule has 0 spiro atoms. The molecule has 0 aliphatic rings. The average molecular weight is 853 g/mol. The van der Waals surface area contributed by atoms with Crippen LogP contribution in [0.5, 0.6) is 0 Å². The minimum absolute atomic E-state index is 0.00255. The zero-order chi connectivity index (χ0) is 43.9. The number of hydrogen-bond acceptors (Lipinski definition) is 1. The summed E-state index contributed by atoms with van der Waals surface area (Å²) < 4.78 is 5.18.